The standard InChI is InChI=1S/C43H55N5O10S/c1-9-28-24-43(28,39(51)47-59(53,54)42(17-18-42)19-20-55-7)46-37(49)34-22-30(25-48(34)38(50)36(26(2)3)45-40(52)58-41(4,5)6)57-35-23-32(27-13-11-10-12-14-27)44-33-21-29(56-8)15-16-31(33)35/h9-16,21,23,26,28,30,34,36H,1,17-20,22,24-25H2,2-8H3,(H,45,52)(H,46,49)(H,47,51)/t28-,30-,34+,36+,43-/m1/s1. The van der Waals surface area contributed by atoms with Gasteiger partial charge < -0.3 is 34.5 Å². The van der Waals surface area contributed by atoms with Crippen LogP contribution in [0.5, 0.6) is 11.5 Å². The van der Waals surface area contributed by atoms with Crippen molar-refractivity contribution >= 4 is 44.7 Å². The lowest BCUT2D eigenvalue weighted by atomic mass is 10.0. The Bertz CT molecular complexity index is 2200. The highest BCUT2D eigenvalue weighted by molar-refractivity contribution is 7.91. The Hall–Kier alpha value is -5.22. The summed E-state index contributed by atoms with van der Waals surface area (Å²) in [6, 6.07) is 14.5. The molecule has 59 heavy (non-hydrogen) atoms. The Morgan fingerprint density at radius 1 is 1.05 bits per heavy atom. The third-order valence-electron chi connectivity index (χ3n) is 11.2. The summed E-state index contributed by atoms with van der Waals surface area (Å²) in [6.07, 6.45) is 1.06. The zero-order valence-corrected chi connectivity index (χ0v) is 35.5. The van der Waals surface area contributed by atoms with E-state index in [1.807, 2.05) is 42.5 Å². The van der Waals surface area contributed by atoms with Gasteiger partial charge in [-0.05, 0) is 64.5 Å². The molecular weight excluding hydrogens is 779 g/mol. The number of hydrogen-bond acceptors (Lipinski definition) is 11. The summed E-state index contributed by atoms with van der Waals surface area (Å²) >= 11 is 0. The number of rotatable bonds is 16. The Morgan fingerprint density at radius 2 is 1.76 bits per heavy atom. The normalized spacial score (nSPS) is 22.6. The lowest BCUT2D eigenvalue weighted by Crippen LogP contribution is -2.59. The fourth-order valence-electron chi connectivity index (χ4n) is 7.58. The van der Waals surface area contributed by atoms with Gasteiger partial charge in [0.15, 0.2) is 0 Å². The van der Waals surface area contributed by atoms with Crippen molar-refractivity contribution in [2.45, 2.75) is 101 Å². The molecule has 0 bridgehead atoms. The first-order valence-electron chi connectivity index (χ1n) is 19.9. The Morgan fingerprint density at radius 3 is 2.36 bits per heavy atom. The average molecular weight is 834 g/mol. The topological polar surface area (TPSA) is 192 Å². The highest BCUT2D eigenvalue weighted by atomic mass is 32.2. The molecule has 3 aliphatic rings. The summed E-state index contributed by atoms with van der Waals surface area (Å²) in [5, 5.41) is 6.20. The van der Waals surface area contributed by atoms with E-state index < -0.39 is 79.7 Å². The maximum atomic E-state index is 14.6. The molecule has 3 fully saturated rings. The number of nitrogens with zero attached hydrogens (tertiary/aromatic N) is 2. The minimum absolute atomic E-state index is 0.00432. The number of alkyl carbamates (subject to hydrolysis) is 1. The van der Waals surface area contributed by atoms with Crippen LogP contribution < -0.4 is 24.8 Å². The quantitative estimate of drug-likeness (QED) is 0.167. The molecule has 0 spiro atoms. The number of amides is 4. The second-order valence-electron chi connectivity index (χ2n) is 17.0. The molecule has 15 nitrogen and oxygen atoms in total. The molecule has 1 aromatic heterocycles. The van der Waals surface area contributed by atoms with E-state index in [4.69, 9.17) is 23.9 Å². The SMILES string of the molecule is C=C[C@@H]1C[C@]1(NC(=O)[C@@H]1C[C@@H](Oc2cc(-c3ccccc3)nc3cc(OC)ccc23)CN1C(=O)[C@@H](NC(=O)OC(C)(C)C)C(C)C)C(=O)NS(=O)(=O)C1(CCOC)CC1. The first kappa shape index (κ1) is 43.4. The molecule has 5 atom stereocenters. The Labute approximate surface area is 345 Å². The van der Waals surface area contributed by atoms with Crippen molar-refractivity contribution in [3.05, 3.63) is 67.3 Å². The molecule has 4 amide bonds. The van der Waals surface area contributed by atoms with Crippen LogP contribution in [0.2, 0.25) is 0 Å². The molecule has 3 aromatic rings. The second-order valence-corrected chi connectivity index (χ2v) is 19.0. The van der Waals surface area contributed by atoms with E-state index >= 15 is 0 Å². The molecule has 2 heterocycles. The van der Waals surface area contributed by atoms with Gasteiger partial charge >= 0.3 is 6.09 Å². The average Bonchev–Trinajstić information content (AvgIpc) is 4.09. The first-order chi connectivity index (χ1) is 27.9. The van der Waals surface area contributed by atoms with E-state index in [-0.39, 0.29) is 32.4 Å². The molecular formula is C43H55N5O10S. The van der Waals surface area contributed by atoms with Crippen molar-refractivity contribution in [2.24, 2.45) is 11.8 Å². The molecule has 0 radical (unpaired) electrons. The number of pyridine rings is 1. The van der Waals surface area contributed by atoms with Crippen LogP contribution in [0.3, 0.4) is 0 Å². The molecule has 3 N–H and O–H groups in total. The van der Waals surface area contributed by atoms with Crippen LogP contribution in [0.25, 0.3) is 22.2 Å². The van der Waals surface area contributed by atoms with Crippen LogP contribution >= 0.6 is 0 Å². The maximum absolute atomic E-state index is 14.6. The summed E-state index contributed by atoms with van der Waals surface area (Å²) in [5.41, 5.74) is -0.381. The number of fused-ring (bicyclic) bond motifs is 1. The number of carbonyl (C=O) groups is 4. The number of likely N-dealkylation sites (tertiary alicyclic amines) is 1. The van der Waals surface area contributed by atoms with Crippen LogP contribution in [-0.2, 0) is 33.9 Å². The molecule has 1 aliphatic heterocycles. The van der Waals surface area contributed by atoms with Gasteiger partial charge in [0.05, 0.1) is 29.6 Å². The monoisotopic (exact) mass is 833 g/mol. The van der Waals surface area contributed by atoms with E-state index in [1.54, 1.807) is 53.9 Å². The smallest absolute Gasteiger partial charge is 0.408 e. The lowest BCUT2D eigenvalue weighted by Gasteiger charge is -2.31. The summed E-state index contributed by atoms with van der Waals surface area (Å²) in [7, 11) is -1.08. The van der Waals surface area contributed by atoms with Gasteiger partial charge in [-0.3, -0.25) is 19.1 Å². The van der Waals surface area contributed by atoms with E-state index in [1.165, 1.54) is 18.1 Å². The van der Waals surface area contributed by atoms with Crippen LogP contribution in [0, 0.1) is 11.8 Å². The molecule has 6 rings (SSSR count). The zero-order valence-electron chi connectivity index (χ0n) is 34.7. The largest absolute Gasteiger partial charge is 0.497 e. The van der Waals surface area contributed by atoms with Crippen LogP contribution in [-0.4, -0.2) is 104 Å². The van der Waals surface area contributed by atoms with Crippen molar-refractivity contribution in [1.82, 2.24) is 25.2 Å². The first-order valence-corrected chi connectivity index (χ1v) is 21.4. The summed E-state index contributed by atoms with van der Waals surface area (Å²) < 4.78 is 50.9. The predicted octanol–water partition coefficient (Wildman–Crippen LogP) is 4.88. The number of ether oxygens (including phenoxy) is 4. The predicted molar refractivity (Wildman–Crippen MR) is 221 cm³/mol. The molecule has 2 aliphatic carbocycles. The number of nitrogens with one attached hydrogen (secondary N) is 3. The summed E-state index contributed by atoms with van der Waals surface area (Å²) in [5.74, 6) is -2.05. The van der Waals surface area contributed by atoms with Crippen molar-refractivity contribution in [1.29, 1.82) is 0 Å². The lowest BCUT2D eigenvalue weighted by molar-refractivity contribution is -0.141. The van der Waals surface area contributed by atoms with Gasteiger partial charge in [0, 0.05) is 49.1 Å². The van der Waals surface area contributed by atoms with Crippen LogP contribution in [0.15, 0.2) is 67.3 Å². The van der Waals surface area contributed by atoms with Crippen molar-refractivity contribution in [3.8, 4) is 22.8 Å². The zero-order chi connectivity index (χ0) is 42.9. The molecule has 2 aromatic carbocycles. The molecule has 1 saturated heterocycles. The number of hydrogen-bond donors (Lipinski definition) is 3. The Kier molecular flexibility index (Phi) is 12.3. The fourth-order valence-corrected chi connectivity index (χ4v) is 9.21. The van der Waals surface area contributed by atoms with Crippen LogP contribution in [0.4, 0.5) is 4.79 Å². The number of sulfonamides is 1. The van der Waals surface area contributed by atoms with Crippen LogP contribution in [0.1, 0.15) is 66.7 Å². The third-order valence-corrected chi connectivity index (χ3v) is 13.4. The minimum atomic E-state index is -4.12. The van der Waals surface area contributed by atoms with E-state index in [9.17, 15) is 27.6 Å². The molecule has 318 valence electrons. The van der Waals surface area contributed by atoms with Crippen molar-refractivity contribution in [2.75, 3.05) is 27.4 Å². The van der Waals surface area contributed by atoms with Gasteiger partial charge in [-0.1, -0.05) is 50.3 Å². The summed E-state index contributed by atoms with van der Waals surface area (Å²) in [6.45, 7) is 12.6. The van der Waals surface area contributed by atoms with Gasteiger partial charge in [-0.25, -0.2) is 18.2 Å². The third kappa shape index (κ3) is 9.33. The van der Waals surface area contributed by atoms with E-state index in [2.05, 4.69) is 21.9 Å². The van der Waals surface area contributed by atoms with Crippen molar-refractivity contribution < 1.29 is 46.5 Å². The fraction of sp³-hybridized carbons (Fsp3) is 0.512. The minimum Gasteiger partial charge on any atom is -0.497 e. The van der Waals surface area contributed by atoms with Gasteiger partial charge in [-0.15, -0.1) is 6.58 Å². The molecule has 0 unspecified atom stereocenters. The highest BCUT2D eigenvalue weighted by Crippen LogP contribution is 2.49. The maximum Gasteiger partial charge on any atom is 0.408 e. The molecule has 16 heteroatoms. The Balaban J connectivity index is 1.32. The van der Waals surface area contributed by atoms with Crippen molar-refractivity contribution in [3.63, 3.8) is 0 Å². The summed E-state index contributed by atoms with van der Waals surface area (Å²) in [4.78, 5) is 62.2. The van der Waals surface area contributed by atoms with Gasteiger partial charge in [0.2, 0.25) is 21.8 Å². The number of carbonyl (C=O) groups excluding carboxylic acids is 4. The van der Waals surface area contributed by atoms with Gasteiger partial charge in [0.1, 0.15) is 40.8 Å². The second kappa shape index (κ2) is 16.8. The number of benzene rings is 2. The van der Waals surface area contributed by atoms with E-state index in [0.29, 0.717) is 40.9 Å². The van der Waals surface area contributed by atoms with Gasteiger partial charge in [-0.2, -0.15) is 0 Å². The van der Waals surface area contributed by atoms with Gasteiger partial charge in [0.25, 0.3) is 5.91 Å². The molecule has 2 saturated carbocycles. The highest BCUT2D eigenvalue weighted by Gasteiger charge is 2.63. The number of aromatic nitrogens is 1. The van der Waals surface area contributed by atoms with E-state index in [0.717, 1.165) is 5.56 Å². The number of methoxy groups -OCH3 is 2.